The van der Waals surface area contributed by atoms with E-state index in [9.17, 15) is 0 Å². The molecule has 108 valence electrons. The van der Waals surface area contributed by atoms with Crippen LogP contribution >= 0.6 is 0 Å². The fourth-order valence-electron chi connectivity index (χ4n) is 3.87. The molecule has 0 amide bonds. The maximum absolute atomic E-state index is 2.52. The van der Waals surface area contributed by atoms with E-state index in [1.165, 1.54) is 25.7 Å². The molecule has 1 aliphatic rings. The van der Waals surface area contributed by atoms with Crippen LogP contribution in [0, 0.1) is 41.4 Å². The van der Waals surface area contributed by atoms with Gasteiger partial charge in [-0.3, -0.25) is 0 Å². The first-order valence-electron chi connectivity index (χ1n) is 8.34. The van der Waals surface area contributed by atoms with E-state index in [1.54, 1.807) is 0 Å². The molecule has 0 aromatic heterocycles. The van der Waals surface area contributed by atoms with Crippen LogP contribution in [0.1, 0.15) is 74.1 Å². The summed E-state index contributed by atoms with van der Waals surface area (Å²) in [5.41, 5.74) is 0. The fraction of sp³-hybridized carbons (Fsp3) is 1.00. The van der Waals surface area contributed by atoms with Crippen LogP contribution in [0.15, 0.2) is 0 Å². The molecule has 1 saturated carbocycles. The minimum absolute atomic E-state index is 0.863. The molecule has 0 saturated heterocycles. The minimum Gasteiger partial charge on any atom is -0.0628 e. The Morgan fingerprint density at radius 3 is 1.89 bits per heavy atom. The highest BCUT2D eigenvalue weighted by Gasteiger charge is 2.43. The first-order valence-corrected chi connectivity index (χ1v) is 8.34. The van der Waals surface area contributed by atoms with E-state index < -0.39 is 0 Å². The Bertz CT molecular complexity index is 228. The average molecular weight is 252 g/mol. The topological polar surface area (TPSA) is 0 Å². The summed E-state index contributed by atoms with van der Waals surface area (Å²) >= 11 is 0. The summed E-state index contributed by atoms with van der Waals surface area (Å²) in [4.78, 5) is 0. The fourth-order valence-corrected chi connectivity index (χ4v) is 3.87. The summed E-state index contributed by atoms with van der Waals surface area (Å²) in [6.45, 7) is 17.0. The van der Waals surface area contributed by atoms with Crippen molar-refractivity contribution in [2.24, 2.45) is 41.4 Å². The molecule has 18 heavy (non-hydrogen) atoms. The second kappa shape index (κ2) is 6.96. The van der Waals surface area contributed by atoms with Gasteiger partial charge in [-0.25, -0.2) is 0 Å². The lowest BCUT2D eigenvalue weighted by Gasteiger charge is -2.32. The van der Waals surface area contributed by atoms with E-state index in [4.69, 9.17) is 0 Å². The van der Waals surface area contributed by atoms with E-state index in [1.807, 2.05) is 0 Å². The third-order valence-electron chi connectivity index (χ3n) is 5.38. The summed E-state index contributed by atoms with van der Waals surface area (Å²) < 4.78 is 0. The van der Waals surface area contributed by atoms with E-state index in [0.717, 1.165) is 41.4 Å². The maximum Gasteiger partial charge on any atom is -0.0332 e. The lowest BCUT2D eigenvalue weighted by atomic mass is 9.73. The SMILES string of the molecule is CC(C)CCCC(C)C(C)C(C(C)C)C1CC1C. The molecule has 0 heterocycles. The molecule has 5 atom stereocenters. The number of hydrogen-bond donors (Lipinski definition) is 0. The predicted octanol–water partition coefficient (Wildman–Crippen LogP) is 6.01. The zero-order chi connectivity index (χ0) is 13.9. The lowest BCUT2D eigenvalue weighted by Crippen LogP contribution is -2.26. The van der Waals surface area contributed by atoms with Crippen molar-refractivity contribution >= 4 is 0 Å². The zero-order valence-corrected chi connectivity index (χ0v) is 13.9. The molecule has 1 aliphatic carbocycles. The smallest absolute Gasteiger partial charge is 0.0332 e. The first-order chi connectivity index (χ1) is 8.34. The van der Waals surface area contributed by atoms with Crippen molar-refractivity contribution < 1.29 is 0 Å². The van der Waals surface area contributed by atoms with Gasteiger partial charge in [0, 0.05) is 0 Å². The summed E-state index contributed by atoms with van der Waals surface area (Å²) in [5.74, 6) is 6.56. The Balaban J connectivity index is 2.42. The van der Waals surface area contributed by atoms with E-state index in [-0.39, 0.29) is 0 Å². The van der Waals surface area contributed by atoms with Gasteiger partial charge in [0.05, 0.1) is 0 Å². The third kappa shape index (κ3) is 4.59. The molecule has 0 nitrogen and oxygen atoms in total. The molecule has 0 spiro atoms. The molecule has 0 aromatic rings. The van der Waals surface area contributed by atoms with Gasteiger partial charge in [-0.15, -0.1) is 0 Å². The van der Waals surface area contributed by atoms with Crippen LogP contribution < -0.4 is 0 Å². The predicted molar refractivity (Wildman–Crippen MR) is 82.6 cm³/mol. The van der Waals surface area contributed by atoms with Gasteiger partial charge < -0.3 is 0 Å². The second-order valence-corrected chi connectivity index (χ2v) is 7.86. The number of rotatable bonds is 8. The quantitative estimate of drug-likeness (QED) is 0.496. The van der Waals surface area contributed by atoms with Gasteiger partial charge in [0.25, 0.3) is 0 Å². The van der Waals surface area contributed by atoms with E-state index >= 15 is 0 Å². The van der Waals surface area contributed by atoms with Crippen LogP contribution in [0.3, 0.4) is 0 Å². The van der Waals surface area contributed by atoms with Crippen LogP contribution in [0.5, 0.6) is 0 Å². The van der Waals surface area contributed by atoms with Crippen LogP contribution in [-0.4, -0.2) is 0 Å². The monoisotopic (exact) mass is 252 g/mol. The van der Waals surface area contributed by atoms with E-state index in [2.05, 4.69) is 48.5 Å². The minimum atomic E-state index is 0.863. The van der Waals surface area contributed by atoms with Crippen molar-refractivity contribution in [2.45, 2.75) is 74.1 Å². The Morgan fingerprint density at radius 2 is 1.50 bits per heavy atom. The molecule has 0 bridgehead atoms. The lowest BCUT2D eigenvalue weighted by molar-refractivity contribution is 0.164. The molecular formula is C18H36. The molecule has 0 aromatic carbocycles. The highest BCUT2D eigenvalue weighted by molar-refractivity contribution is 4.92. The average Bonchev–Trinajstić information content (AvgIpc) is 2.94. The molecule has 0 radical (unpaired) electrons. The summed E-state index contributed by atoms with van der Waals surface area (Å²) in [6.07, 6.45) is 5.76. The first kappa shape index (κ1) is 16.1. The zero-order valence-electron chi connectivity index (χ0n) is 13.9. The summed E-state index contributed by atoms with van der Waals surface area (Å²) in [7, 11) is 0. The molecule has 5 unspecified atom stereocenters. The Morgan fingerprint density at radius 1 is 0.944 bits per heavy atom. The molecular weight excluding hydrogens is 216 g/mol. The van der Waals surface area contributed by atoms with Crippen LogP contribution in [0.4, 0.5) is 0 Å². The Labute approximate surface area is 116 Å². The third-order valence-corrected chi connectivity index (χ3v) is 5.38. The van der Waals surface area contributed by atoms with Gasteiger partial charge in [-0.1, -0.05) is 67.7 Å². The van der Waals surface area contributed by atoms with Gasteiger partial charge in [-0.05, 0) is 47.8 Å². The normalized spacial score (nSPS) is 28.5. The Kier molecular flexibility index (Phi) is 6.21. The summed E-state index contributed by atoms with van der Waals surface area (Å²) in [6, 6.07) is 0. The highest BCUT2D eigenvalue weighted by atomic mass is 14.5. The molecule has 0 N–H and O–H groups in total. The van der Waals surface area contributed by atoms with Crippen molar-refractivity contribution in [3.63, 3.8) is 0 Å². The van der Waals surface area contributed by atoms with Crippen molar-refractivity contribution in [2.75, 3.05) is 0 Å². The van der Waals surface area contributed by atoms with Gasteiger partial charge in [-0.2, -0.15) is 0 Å². The van der Waals surface area contributed by atoms with Gasteiger partial charge in [0.15, 0.2) is 0 Å². The van der Waals surface area contributed by atoms with Crippen molar-refractivity contribution in [1.82, 2.24) is 0 Å². The maximum atomic E-state index is 2.52. The van der Waals surface area contributed by atoms with Crippen LogP contribution in [0.25, 0.3) is 0 Å². The second-order valence-electron chi connectivity index (χ2n) is 7.86. The largest absolute Gasteiger partial charge is 0.0628 e. The molecule has 1 rings (SSSR count). The van der Waals surface area contributed by atoms with Gasteiger partial charge in [0.1, 0.15) is 0 Å². The van der Waals surface area contributed by atoms with Gasteiger partial charge >= 0.3 is 0 Å². The van der Waals surface area contributed by atoms with Crippen LogP contribution in [0.2, 0.25) is 0 Å². The molecule has 0 heteroatoms. The number of hydrogen-bond acceptors (Lipinski definition) is 0. The van der Waals surface area contributed by atoms with E-state index in [0.29, 0.717) is 0 Å². The molecule has 0 aliphatic heterocycles. The van der Waals surface area contributed by atoms with Crippen molar-refractivity contribution in [3.8, 4) is 0 Å². The standard InChI is InChI=1S/C18H36/c1-12(2)9-8-10-14(5)16(7)18(13(3)4)17-11-15(17)6/h12-18H,8-11H2,1-7H3. The van der Waals surface area contributed by atoms with Gasteiger partial charge in [0.2, 0.25) is 0 Å². The van der Waals surface area contributed by atoms with Crippen molar-refractivity contribution in [3.05, 3.63) is 0 Å². The van der Waals surface area contributed by atoms with Crippen LogP contribution in [-0.2, 0) is 0 Å². The highest BCUT2D eigenvalue weighted by Crippen LogP contribution is 2.51. The van der Waals surface area contributed by atoms with Crippen molar-refractivity contribution in [1.29, 1.82) is 0 Å². The Hall–Kier alpha value is 0. The molecule has 1 fully saturated rings. The summed E-state index contributed by atoms with van der Waals surface area (Å²) in [5, 5.41) is 0.